The third-order valence-electron chi connectivity index (χ3n) is 5.80. The first kappa shape index (κ1) is 24.0. The Morgan fingerprint density at radius 3 is 2.36 bits per heavy atom. The zero-order chi connectivity index (χ0) is 24.0. The van der Waals surface area contributed by atoms with Crippen LogP contribution < -0.4 is 10.1 Å². The molecule has 4 unspecified atom stereocenters. The van der Waals surface area contributed by atoms with Gasteiger partial charge >= 0.3 is 24.0 Å². The van der Waals surface area contributed by atoms with Gasteiger partial charge in [-0.15, -0.1) is 0 Å². The molecule has 1 aromatic carbocycles. The van der Waals surface area contributed by atoms with Gasteiger partial charge in [-0.25, -0.2) is 9.59 Å². The molecule has 2 aliphatic rings. The van der Waals surface area contributed by atoms with Gasteiger partial charge in [-0.2, -0.15) is 0 Å². The summed E-state index contributed by atoms with van der Waals surface area (Å²) in [6.45, 7) is 8.31. The largest absolute Gasteiger partial charge is 0.461 e. The fourth-order valence-electron chi connectivity index (χ4n) is 4.41. The second kappa shape index (κ2) is 10.3. The average molecular weight is 457 g/mol. The molecule has 1 amide bonds. The van der Waals surface area contributed by atoms with Crippen molar-refractivity contribution in [2.45, 2.75) is 31.9 Å². The van der Waals surface area contributed by atoms with Crippen LogP contribution in [0.15, 0.2) is 49.6 Å². The van der Waals surface area contributed by atoms with Gasteiger partial charge in [0.05, 0.1) is 5.92 Å². The van der Waals surface area contributed by atoms with Crippen molar-refractivity contribution < 1.29 is 38.1 Å². The number of rotatable bonds is 10. The minimum absolute atomic E-state index is 0.0233. The number of ether oxygens (including phenoxy) is 4. The van der Waals surface area contributed by atoms with Crippen LogP contribution in [0, 0.1) is 17.8 Å². The van der Waals surface area contributed by atoms with Crippen LogP contribution in [0.4, 0.5) is 4.79 Å². The van der Waals surface area contributed by atoms with E-state index in [4.69, 9.17) is 18.9 Å². The molecular formula is C24H27NO8. The Balaban J connectivity index is 1.71. The van der Waals surface area contributed by atoms with Crippen molar-refractivity contribution in [2.24, 2.45) is 17.8 Å². The average Bonchev–Trinajstić information content (AvgIpc) is 3.42. The molecule has 4 atom stereocenters. The van der Waals surface area contributed by atoms with Gasteiger partial charge in [0.15, 0.2) is 0 Å². The summed E-state index contributed by atoms with van der Waals surface area (Å²) in [5.41, 5.74) is -0.728. The van der Waals surface area contributed by atoms with E-state index >= 15 is 0 Å². The molecule has 0 radical (unpaired) electrons. The molecule has 0 saturated heterocycles. The molecule has 2 aliphatic carbocycles. The third-order valence-corrected chi connectivity index (χ3v) is 5.80. The van der Waals surface area contributed by atoms with Crippen LogP contribution in [0.25, 0.3) is 0 Å². The Kier molecular flexibility index (Phi) is 7.52. The van der Waals surface area contributed by atoms with Crippen LogP contribution in [-0.4, -0.2) is 42.8 Å². The van der Waals surface area contributed by atoms with Crippen LogP contribution in [0.2, 0.25) is 0 Å². The normalized spacial score (nSPS) is 24.6. The van der Waals surface area contributed by atoms with Gasteiger partial charge in [0.2, 0.25) is 0 Å². The van der Waals surface area contributed by atoms with E-state index in [1.54, 1.807) is 24.3 Å². The molecule has 3 rings (SSSR count). The van der Waals surface area contributed by atoms with E-state index in [0.717, 1.165) is 0 Å². The topological polar surface area (TPSA) is 117 Å². The number of carbonyl (C=O) groups is 4. The molecule has 2 saturated carbocycles. The number of alkyl carbamates (subject to hydrolysis) is 1. The second-order valence-electron chi connectivity index (χ2n) is 7.97. The summed E-state index contributed by atoms with van der Waals surface area (Å²) >= 11 is 0. The van der Waals surface area contributed by atoms with Gasteiger partial charge in [0.1, 0.15) is 31.1 Å². The molecule has 33 heavy (non-hydrogen) atoms. The van der Waals surface area contributed by atoms with Gasteiger partial charge in [0.25, 0.3) is 0 Å². The third kappa shape index (κ3) is 5.42. The van der Waals surface area contributed by atoms with Crippen LogP contribution >= 0.6 is 0 Å². The fourth-order valence-corrected chi connectivity index (χ4v) is 4.41. The molecule has 0 aliphatic heterocycles. The van der Waals surface area contributed by atoms with E-state index < -0.39 is 41.4 Å². The first-order chi connectivity index (χ1) is 15.8. The summed E-state index contributed by atoms with van der Waals surface area (Å²) in [6, 6.07) is 6.49. The van der Waals surface area contributed by atoms with Crippen molar-refractivity contribution in [3.8, 4) is 5.75 Å². The maximum absolute atomic E-state index is 13.2. The summed E-state index contributed by atoms with van der Waals surface area (Å²) in [5, 5.41) is 2.66. The minimum atomic E-state index is -1.39. The molecule has 9 nitrogen and oxygen atoms in total. The maximum Gasteiger partial charge on any atom is 0.408 e. The van der Waals surface area contributed by atoms with Gasteiger partial charge in [-0.1, -0.05) is 37.4 Å². The highest BCUT2D eigenvalue weighted by Gasteiger charge is 2.72. The van der Waals surface area contributed by atoms with Gasteiger partial charge in [0, 0.05) is 12.8 Å². The Labute approximate surface area is 191 Å². The number of hydrogen-bond acceptors (Lipinski definition) is 8. The molecule has 176 valence electrons. The molecule has 9 heteroatoms. The number of benzene rings is 1. The van der Waals surface area contributed by atoms with Crippen molar-refractivity contribution in [3.05, 3.63) is 55.1 Å². The quantitative estimate of drug-likeness (QED) is 0.247. The SMILES string of the molecule is C=CCOC(=O)NC1(C(=O)OCc2ccc(OC(C)=O)cc2)CCC2C(C(=O)OCC=C)C21. The molecule has 0 heterocycles. The number of carbonyl (C=O) groups excluding carboxylic acids is 4. The van der Waals surface area contributed by atoms with E-state index in [9.17, 15) is 19.2 Å². The summed E-state index contributed by atoms with van der Waals surface area (Å²) < 4.78 is 20.7. The molecule has 2 fully saturated rings. The number of amides is 1. The minimum Gasteiger partial charge on any atom is -0.461 e. The number of nitrogens with one attached hydrogen (secondary N) is 1. The van der Waals surface area contributed by atoms with E-state index in [0.29, 0.717) is 24.2 Å². The van der Waals surface area contributed by atoms with E-state index in [1.807, 2.05) is 0 Å². The van der Waals surface area contributed by atoms with Crippen molar-refractivity contribution in [1.29, 1.82) is 0 Å². The van der Waals surface area contributed by atoms with Gasteiger partial charge in [-0.05, 0) is 36.5 Å². The summed E-state index contributed by atoms with van der Waals surface area (Å²) in [5.74, 6) is -2.17. The summed E-state index contributed by atoms with van der Waals surface area (Å²) in [7, 11) is 0. The lowest BCUT2D eigenvalue weighted by Crippen LogP contribution is -2.56. The van der Waals surface area contributed by atoms with E-state index in [2.05, 4.69) is 18.5 Å². The first-order valence-electron chi connectivity index (χ1n) is 10.6. The molecule has 0 spiro atoms. The zero-order valence-electron chi connectivity index (χ0n) is 18.4. The Morgan fingerprint density at radius 2 is 1.73 bits per heavy atom. The molecule has 1 aromatic rings. The van der Waals surface area contributed by atoms with Crippen molar-refractivity contribution in [1.82, 2.24) is 5.32 Å². The lowest BCUT2D eigenvalue weighted by atomic mass is 9.90. The van der Waals surface area contributed by atoms with Gasteiger partial charge in [-0.3, -0.25) is 9.59 Å². The van der Waals surface area contributed by atoms with Crippen LogP contribution in [0.3, 0.4) is 0 Å². The predicted molar refractivity (Wildman–Crippen MR) is 116 cm³/mol. The number of hydrogen-bond donors (Lipinski definition) is 1. The first-order valence-corrected chi connectivity index (χ1v) is 10.6. The Hall–Kier alpha value is -3.62. The lowest BCUT2D eigenvalue weighted by Gasteiger charge is -2.30. The monoisotopic (exact) mass is 457 g/mol. The second-order valence-corrected chi connectivity index (χ2v) is 7.97. The van der Waals surface area contributed by atoms with E-state index in [-0.39, 0.29) is 25.7 Å². The summed E-state index contributed by atoms with van der Waals surface area (Å²) in [4.78, 5) is 49.0. The van der Waals surface area contributed by atoms with Crippen molar-refractivity contribution in [3.63, 3.8) is 0 Å². The number of esters is 3. The molecule has 0 aromatic heterocycles. The fraction of sp³-hybridized carbons (Fsp3) is 0.417. The number of fused-ring (bicyclic) bond motifs is 1. The highest BCUT2D eigenvalue weighted by molar-refractivity contribution is 5.90. The standard InChI is InChI=1S/C24H27NO8/c1-4-12-30-21(27)19-18-10-11-24(20(18)19,25-23(29)31-13-5-2)22(28)32-14-16-6-8-17(9-7-16)33-15(3)26/h4-9,18-20H,1-2,10-14H2,3H3,(H,25,29). The van der Waals surface area contributed by atoms with Gasteiger partial charge < -0.3 is 24.3 Å². The van der Waals surface area contributed by atoms with Crippen LogP contribution in [0.1, 0.15) is 25.3 Å². The smallest absolute Gasteiger partial charge is 0.408 e. The van der Waals surface area contributed by atoms with Crippen LogP contribution in [0.5, 0.6) is 5.75 Å². The Bertz CT molecular complexity index is 940. The van der Waals surface area contributed by atoms with Crippen molar-refractivity contribution >= 4 is 24.0 Å². The maximum atomic E-state index is 13.2. The Morgan fingerprint density at radius 1 is 1.06 bits per heavy atom. The highest BCUT2D eigenvalue weighted by atomic mass is 16.6. The zero-order valence-corrected chi connectivity index (χ0v) is 18.4. The lowest BCUT2D eigenvalue weighted by molar-refractivity contribution is -0.155. The van der Waals surface area contributed by atoms with Crippen LogP contribution in [-0.2, 0) is 35.2 Å². The van der Waals surface area contributed by atoms with E-state index in [1.165, 1.54) is 19.1 Å². The predicted octanol–water partition coefficient (Wildman–Crippen LogP) is 2.69. The highest BCUT2D eigenvalue weighted by Crippen LogP contribution is 2.63. The molecule has 0 bridgehead atoms. The molecular weight excluding hydrogens is 430 g/mol. The molecule has 1 N–H and O–H groups in total. The summed E-state index contributed by atoms with van der Waals surface area (Å²) in [6.07, 6.45) is 2.97. The van der Waals surface area contributed by atoms with Crippen molar-refractivity contribution in [2.75, 3.05) is 13.2 Å².